The molecule has 0 bridgehead atoms. The molecule has 0 aromatic heterocycles. The molecule has 6 heteroatoms. The smallest absolute Gasteiger partial charge is 0.207 e. The van der Waals surface area contributed by atoms with E-state index in [1.165, 1.54) is 18.2 Å². The Morgan fingerprint density at radius 2 is 2.25 bits per heavy atom. The number of benzene rings is 1. The summed E-state index contributed by atoms with van der Waals surface area (Å²) in [7, 11) is -3.70. The van der Waals surface area contributed by atoms with Gasteiger partial charge in [0.25, 0.3) is 0 Å². The van der Waals surface area contributed by atoms with Crippen LogP contribution in [0.3, 0.4) is 0 Å². The maximum atomic E-state index is 13.2. The molecule has 1 fully saturated rings. The second-order valence-corrected chi connectivity index (χ2v) is 7.92. The molecule has 1 aliphatic carbocycles. The maximum absolute atomic E-state index is 13.2. The molecule has 0 spiro atoms. The topological polar surface area (TPSA) is 46.2 Å². The summed E-state index contributed by atoms with van der Waals surface area (Å²) in [5, 5.41) is 0.568. The van der Waals surface area contributed by atoms with Crippen molar-refractivity contribution >= 4 is 26.0 Å². The first-order chi connectivity index (χ1) is 9.37. The number of nitrogens with one attached hydrogen (secondary N) is 1. The van der Waals surface area contributed by atoms with Gasteiger partial charge in [-0.15, -0.1) is 0 Å². The van der Waals surface area contributed by atoms with E-state index in [4.69, 9.17) is 0 Å². The molecule has 112 valence electrons. The Kier molecular flexibility index (Phi) is 4.87. The van der Waals surface area contributed by atoms with Crippen molar-refractivity contribution in [3.63, 3.8) is 0 Å². The molecule has 0 heterocycles. The minimum Gasteiger partial charge on any atom is -0.207 e. The third kappa shape index (κ3) is 3.59. The van der Waals surface area contributed by atoms with E-state index in [9.17, 15) is 12.8 Å². The molecule has 2 unspecified atom stereocenters. The first-order valence-corrected chi connectivity index (χ1v) is 9.33. The highest BCUT2D eigenvalue weighted by molar-refractivity contribution is 9.09. The Labute approximate surface area is 128 Å². The third-order valence-electron chi connectivity index (χ3n) is 3.80. The summed E-state index contributed by atoms with van der Waals surface area (Å²) in [6.07, 6.45) is 3.72. The van der Waals surface area contributed by atoms with Gasteiger partial charge in [-0.3, -0.25) is 0 Å². The van der Waals surface area contributed by atoms with E-state index in [1.807, 2.05) is 0 Å². The molecule has 0 aliphatic heterocycles. The van der Waals surface area contributed by atoms with Gasteiger partial charge in [0.1, 0.15) is 5.82 Å². The van der Waals surface area contributed by atoms with E-state index < -0.39 is 21.4 Å². The minimum absolute atomic E-state index is 0.0175. The van der Waals surface area contributed by atoms with Crippen molar-refractivity contribution < 1.29 is 12.8 Å². The van der Waals surface area contributed by atoms with Crippen molar-refractivity contribution in [3.8, 4) is 0 Å². The third-order valence-corrected chi connectivity index (χ3v) is 6.45. The molecule has 2 atom stereocenters. The molecule has 1 aromatic carbocycles. The first-order valence-electron chi connectivity index (χ1n) is 6.72. The van der Waals surface area contributed by atoms with Crippen LogP contribution in [0.4, 0.5) is 4.39 Å². The van der Waals surface area contributed by atoms with Crippen LogP contribution < -0.4 is 4.72 Å². The fraction of sp³-hybridized carbons (Fsp3) is 0.571. The highest BCUT2D eigenvalue weighted by Crippen LogP contribution is 2.34. The van der Waals surface area contributed by atoms with E-state index >= 15 is 0 Å². The standard InChI is InChI=1S/C14H19BrFNO2S/c1-11-4-3-7-14(9-11,10-15)17-20(18,19)13-6-2-5-12(16)8-13/h2,5-6,8,11,17H,3-4,7,9-10H2,1H3. The number of hydrogen-bond acceptors (Lipinski definition) is 2. The van der Waals surface area contributed by atoms with Crippen molar-refractivity contribution in [3.05, 3.63) is 30.1 Å². The maximum Gasteiger partial charge on any atom is 0.241 e. The van der Waals surface area contributed by atoms with E-state index in [1.54, 1.807) is 0 Å². The second kappa shape index (κ2) is 6.12. The Bertz CT molecular complexity index is 578. The van der Waals surface area contributed by atoms with Gasteiger partial charge in [0.2, 0.25) is 10.0 Å². The normalized spacial score (nSPS) is 27.4. The van der Waals surface area contributed by atoms with E-state index in [0.29, 0.717) is 11.2 Å². The summed E-state index contributed by atoms with van der Waals surface area (Å²) in [6, 6.07) is 5.12. The van der Waals surface area contributed by atoms with Gasteiger partial charge in [0.05, 0.1) is 4.90 Å². The van der Waals surface area contributed by atoms with Crippen LogP contribution >= 0.6 is 15.9 Å². The second-order valence-electron chi connectivity index (χ2n) is 5.68. The van der Waals surface area contributed by atoms with Crippen molar-refractivity contribution in [1.82, 2.24) is 4.72 Å². The quantitative estimate of drug-likeness (QED) is 0.832. The molecule has 0 radical (unpaired) electrons. The summed E-state index contributed by atoms with van der Waals surface area (Å²) < 4.78 is 40.9. The number of hydrogen-bond donors (Lipinski definition) is 1. The minimum atomic E-state index is -3.70. The summed E-state index contributed by atoms with van der Waals surface area (Å²) >= 11 is 3.43. The number of halogens is 2. The van der Waals surface area contributed by atoms with E-state index in [0.717, 1.165) is 31.7 Å². The number of alkyl halides is 1. The molecule has 0 saturated heterocycles. The van der Waals surface area contributed by atoms with Gasteiger partial charge in [-0.05, 0) is 37.0 Å². The highest BCUT2D eigenvalue weighted by atomic mass is 79.9. The van der Waals surface area contributed by atoms with Gasteiger partial charge in [-0.25, -0.2) is 17.5 Å². The van der Waals surface area contributed by atoms with Crippen molar-refractivity contribution in [2.24, 2.45) is 5.92 Å². The van der Waals surface area contributed by atoms with Crippen LogP contribution in [0.1, 0.15) is 32.6 Å². The predicted octanol–water partition coefficient (Wildman–Crippen LogP) is 3.45. The van der Waals surface area contributed by atoms with Gasteiger partial charge >= 0.3 is 0 Å². The molecule has 3 nitrogen and oxygen atoms in total. The Hall–Kier alpha value is -0.460. The lowest BCUT2D eigenvalue weighted by Crippen LogP contribution is -2.52. The Morgan fingerprint density at radius 1 is 1.50 bits per heavy atom. The molecule has 1 aromatic rings. The zero-order valence-electron chi connectivity index (χ0n) is 11.4. The molecule has 1 saturated carbocycles. The van der Waals surface area contributed by atoms with Crippen molar-refractivity contribution in [1.29, 1.82) is 0 Å². The summed E-state index contributed by atoms with van der Waals surface area (Å²) in [4.78, 5) is -0.0175. The van der Waals surface area contributed by atoms with E-state index in [2.05, 4.69) is 27.6 Å². The fourth-order valence-electron chi connectivity index (χ4n) is 2.88. The number of rotatable bonds is 4. The van der Waals surface area contributed by atoms with Crippen LogP contribution in [0, 0.1) is 11.7 Å². The zero-order valence-corrected chi connectivity index (χ0v) is 13.8. The fourth-order valence-corrected chi connectivity index (χ4v) is 5.19. The molecular formula is C14H19BrFNO2S. The van der Waals surface area contributed by atoms with Gasteiger partial charge in [0.15, 0.2) is 0 Å². The molecule has 1 aliphatic rings. The lowest BCUT2D eigenvalue weighted by atomic mass is 9.78. The van der Waals surface area contributed by atoms with Crippen LogP contribution in [0.2, 0.25) is 0 Å². The van der Waals surface area contributed by atoms with Gasteiger partial charge in [-0.2, -0.15) is 0 Å². The first kappa shape index (κ1) is 15.9. The highest BCUT2D eigenvalue weighted by Gasteiger charge is 2.37. The van der Waals surface area contributed by atoms with E-state index in [-0.39, 0.29) is 4.90 Å². The van der Waals surface area contributed by atoms with Crippen molar-refractivity contribution in [2.75, 3.05) is 5.33 Å². The molecular weight excluding hydrogens is 345 g/mol. The van der Waals surface area contributed by atoms with Gasteiger partial charge in [0, 0.05) is 10.9 Å². The van der Waals surface area contributed by atoms with Crippen LogP contribution in [-0.2, 0) is 10.0 Å². The van der Waals surface area contributed by atoms with Crippen LogP contribution in [0.25, 0.3) is 0 Å². The van der Waals surface area contributed by atoms with Crippen LogP contribution in [0.5, 0.6) is 0 Å². The predicted molar refractivity (Wildman–Crippen MR) is 80.9 cm³/mol. The molecule has 2 rings (SSSR count). The number of sulfonamides is 1. The largest absolute Gasteiger partial charge is 0.241 e. The Morgan fingerprint density at radius 3 is 2.85 bits per heavy atom. The van der Waals surface area contributed by atoms with Gasteiger partial charge in [-0.1, -0.05) is 41.8 Å². The summed E-state index contributed by atoms with van der Waals surface area (Å²) in [6.45, 7) is 2.13. The van der Waals surface area contributed by atoms with Crippen LogP contribution in [0.15, 0.2) is 29.2 Å². The van der Waals surface area contributed by atoms with Gasteiger partial charge < -0.3 is 0 Å². The lowest BCUT2D eigenvalue weighted by Gasteiger charge is -2.39. The summed E-state index contributed by atoms with van der Waals surface area (Å²) in [5.41, 5.74) is -0.469. The average molecular weight is 364 g/mol. The van der Waals surface area contributed by atoms with Crippen molar-refractivity contribution in [2.45, 2.75) is 43.0 Å². The monoisotopic (exact) mass is 363 g/mol. The Balaban J connectivity index is 2.26. The average Bonchev–Trinajstić information content (AvgIpc) is 2.38. The zero-order chi connectivity index (χ0) is 14.8. The molecule has 0 amide bonds. The lowest BCUT2D eigenvalue weighted by molar-refractivity contribution is 0.241. The molecule has 20 heavy (non-hydrogen) atoms. The SMILES string of the molecule is CC1CCCC(CBr)(NS(=O)(=O)c2cccc(F)c2)C1. The molecule has 1 N–H and O–H groups in total. The van der Waals surface area contributed by atoms with Crippen LogP contribution in [-0.4, -0.2) is 19.3 Å². The summed E-state index contributed by atoms with van der Waals surface area (Å²) in [5.74, 6) is -0.0608.